The topological polar surface area (TPSA) is 59.2 Å². The van der Waals surface area contributed by atoms with E-state index in [1.807, 2.05) is 25.6 Å². The van der Waals surface area contributed by atoms with Crippen LogP contribution in [-0.4, -0.2) is 41.8 Å². The monoisotopic (exact) mass is 352 g/mol. The molecule has 2 aliphatic rings. The van der Waals surface area contributed by atoms with E-state index in [2.05, 4.69) is 41.7 Å². The predicted octanol–water partition coefficient (Wildman–Crippen LogP) is 2.81. The first kappa shape index (κ1) is 15.3. The molecule has 2 atom stereocenters. The van der Waals surface area contributed by atoms with Gasteiger partial charge in [0.2, 0.25) is 0 Å². The summed E-state index contributed by atoms with van der Waals surface area (Å²) in [5.74, 6) is 0. The van der Waals surface area contributed by atoms with Crippen molar-refractivity contribution in [2.75, 3.05) is 6.26 Å². The Labute approximate surface area is 150 Å². The molecule has 7 heteroatoms. The van der Waals surface area contributed by atoms with Gasteiger partial charge in [0.15, 0.2) is 10.8 Å². The summed E-state index contributed by atoms with van der Waals surface area (Å²) in [5.41, 5.74) is 5.86. The highest BCUT2D eigenvalue weighted by molar-refractivity contribution is 7.98. The molecule has 1 fully saturated rings. The fourth-order valence-corrected chi connectivity index (χ4v) is 4.60. The molecule has 0 amide bonds. The molecule has 0 spiro atoms. The normalized spacial score (nSPS) is 22.5. The van der Waals surface area contributed by atoms with E-state index in [1.54, 1.807) is 11.8 Å². The lowest BCUT2D eigenvalue weighted by Gasteiger charge is -2.36. The summed E-state index contributed by atoms with van der Waals surface area (Å²) in [6.45, 7) is 2.93. The standard InChI is InChI=1S/C18H20N6S/c1-11-5-17-19-9-14-15-4-3-13(6-16(14)24(17)22-11)23(15)10-12-7-20-18(25-2)21-8-12/h5,7-9,13,15H,3-4,6,10H2,1-2H3/t13-,15+/m0/s1. The highest BCUT2D eigenvalue weighted by Crippen LogP contribution is 2.44. The third-order valence-electron chi connectivity index (χ3n) is 5.40. The molecule has 128 valence electrons. The molecule has 0 radical (unpaired) electrons. The van der Waals surface area contributed by atoms with Crippen LogP contribution in [0.3, 0.4) is 0 Å². The zero-order chi connectivity index (χ0) is 17.0. The smallest absolute Gasteiger partial charge is 0.187 e. The van der Waals surface area contributed by atoms with Gasteiger partial charge in [0, 0.05) is 60.8 Å². The van der Waals surface area contributed by atoms with Crippen LogP contribution in [0.5, 0.6) is 0 Å². The zero-order valence-corrected chi connectivity index (χ0v) is 15.2. The van der Waals surface area contributed by atoms with Crippen molar-refractivity contribution in [2.45, 2.75) is 50.0 Å². The van der Waals surface area contributed by atoms with Crippen LogP contribution in [0.1, 0.15) is 41.4 Å². The second-order valence-corrected chi connectivity index (χ2v) is 7.69. The second kappa shape index (κ2) is 5.78. The van der Waals surface area contributed by atoms with Crippen molar-refractivity contribution < 1.29 is 0 Å². The van der Waals surface area contributed by atoms with Crippen LogP contribution in [0, 0.1) is 6.92 Å². The molecule has 0 N–H and O–H groups in total. The third kappa shape index (κ3) is 2.45. The van der Waals surface area contributed by atoms with Crippen LogP contribution in [0.15, 0.2) is 29.8 Å². The van der Waals surface area contributed by atoms with Crippen LogP contribution in [-0.2, 0) is 13.0 Å². The van der Waals surface area contributed by atoms with E-state index < -0.39 is 0 Å². The summed E-state index contributed by atoms with van der Waals surface area (Å²) in [6.07, 6.45) is 11.5. The summed E-state index contributed by atoms with van der Waals surface area (Å²) in [6, 6.07) is 3.04. The average molecular weight is 352 g/mol. The Hall–Kier alpha value is -1.99. The molecule has 0 aliphatic carbocycles. The van der Waals surface area contributed by atoms with Gasteiger partial charge in [-0.3, -0.25) is 4.90 Å². The summed E-state index contributed by atoms with van der Waals surface area (Å²) in [4.78, 5) is 16.1. The fourth-order valence-electron chi connectivity index (χ4n) is 4.28. The molecular weight excluding hydrogens is 332 g/mol. The average Bonchev–Trinajstić information content (AvgIpc) is 3.13. The Morgan fingerprint density at radius 3 is 2.80 bits per heavy atom. The highest BCUT2D eigenvalue weighted by atomic mass is 32.2. The van der Waals surface area contributed by atoms with Gasteiger partial charge in [-0.2, -0.15) is 5.10 Å². The lowest BCUT2D eigenvalue weighted by atomic mass is 9.98. The van der Waals surface area contributed by atoms with Crippen LogP contribution in [0.2, 0.25) is 0 Å². The van der Waals surface area contributed by atoms with Crippen LogP contribution >= 0.6 is 11.8 Å². The van der Waals surface area contributed by atoms with Crippen molar-refractivity contribution in [3.63, 3.8) is 0 Å². The van der Waals surface area contributed by atoms with Gasteiger partial charge in [0.05, 0.1) is 11.4 Å². The molecule has 3 aromatic rings. The van der Waals surface area contributed by atoms with Crippen molar-refractivity contribution in [1.29, 1.82) is 0 Å². The van der Waals surface area contributed by atoms with Crippen molar-refractivity contribution in [1.82, 2.24) is 29.5 Å². The van der Waals surface area contributed by atoms with Gasteiger partial charge in [0.1, 0.15) is 0 Å². The molecule has 5 heterocycles. The van der Waals surface area contributed by atoms with Crippen molar-refractivity contribution in [3.8, 4) is 0 Å². The Balaban J connectivity index is 1.49. The minimum Gasteiger partial charge on any atom is -0.289 e. The predicted molar refractivity (Wildman–Crippen MR) is 96.5 cm³/mol. The molecule has 0 saturated carbocycles. The third-order valence-corrected chi connectivity index (χ3v) is 5.97. The van der Waals surface area contributed by atoms with E-state index in [4.69, 9.17) is 0 Å². The Morgan fingerprint density at radius 2 is 2.00 bits per heavy atom. The van der Waals surface area contributed by atoms with Gasteiger partial charge >= 0.3 is 0 Å². The molecule has 2 aliphatic heterocycles. The maximum atomic E-state index is 4.66. The number of aromatic nitrogens is 5. The summed E-state index contributed by atoms with van der Waals surface area (Å²) < 4.78 is 2.06. The summed E-state index contributed by atoms with van der Waals surface area (Å²) in [5, 5.41) is 5.49. The Kier molecular flexibility index (Phi) is 3.53. The Bertz CT molecular complexity index is 935. The first-order chi connectivity index (χ1) is 12.2. The number of fused-ring (bicyclic) bond motifs is 6. The lowest BCUT2D eigenvalue weighted by Crippen LogP contribution is -2.38. The SMILES string of the molecule is CSc1ncc(CN2[C@H]3CC[C@@H]2c2cnc4cc(C)nn4c2C3)cn1. The van der Waals surface area contributed by atoms with E-state index in [0.29, 0.717) is 12.1 Å². The van der Waals surface area contributed by atoms with Crippen LogP contribution in [0.25, 0.3) is 5.65 Å². The summed E-state index contributed by atoms with van der Waals surface area (Å²) in [7, 11) is 0. The number of hydrogen-bond acceptors (Lipinski definition) is 6. The largest absolute Gasteiger partial charge is 0.289 e. The number of hydrogen-bond donors (Lipinski definition) is 0. The van der Waals surface area contributed by atoms with E-state index in [-0.39, 0.29) is 0 Å². The van der Waals surface area contributed by atoms with E-state index in [0.717, 1.165) is 29.5 Å². The first-order valence-electron chi connectivity index (χ1n) is 8.68. The van der Waals surface area contributed by atoms with Gasteiger partial charge in [-0.1, -0.05) is 11.8 Å². The molecule has 25 heavy (non-hydrogen) atoms. The quantitative estimate of drug-likeness (QED) is 0.534. The molecule has 3 aromatic heterocycles. The van der Waals surface area contributed by atoms with Crippen molar-refractivity contribution in [3.05, 3.63) is 47.2 Å². The molecule has 2 bridgehead atoms. The molecule has 0 unspecified atom stereocenters. The van der Waals surface area contributed by atoms with Crippen LogP contribution < -0.4 is 0 Å². The van der Waals surface area contributed by atoms with E-state index in [1.165, 1.54) is 29.7 Å². The van der Waals surface area contributed by atoms with Gasteiger partial charge in [0.25, 0.3) is 0 Å². The van der Waals surface area contributed by atoms with Crippen molar-refractivity contribution in [2.24, 2.45) is 0 Å². The maximum Gasteiger partial charge on any atom is 0.187 e. The number of nitrogens with zero attached hydrogens (tertiary/aromatic N) is 6. The number of rotatable bonds is 3. The van der Waals surface area contributed by atoms with E-state index in [9.17, 15) is 0 Å². The van der Waals surface area contributed by atoms with Crippen molar-refractivity contribution >= 4 is 17.4 Å². The lowest BCUT2D eigenvalue weighted by molar-refractivity contribution is 0.164. The zero-order valence-electron chi connectivity index (χ0n) is 14.4. The molecule has 0 aromatic carbocycles. The second-order valence-electron chi connectivity index (χ2n) is 6.92. The Morgan fingerprint density at radius 1 is 1.16 bits per heavy atom. The van der Waals surface area contributed by atoms with Crippen LogP contribution in [0.4, 0.5) is 0 Å². The van der Waals surface area contributed by atoms with E-state index >= 15 is 0 Å². The molecule has 6 nitrogen and oxygen atoms in total. The summed E-state index contributed by atoms with van der Waals surface area (Å²) >= 11 is 1.58. The molecular formula is C18H20N6S. The minimum absolute atomic E-state index is 0.426. The number of thioether (sulfide) groups is 1. The van der Waals surface area contributed by atoms with Gasteiger partial charge in [-0.05, 0) is 26.0 Å². The highest BCUT2D eigenvalue weighted by Gasteiger charge is 2.41. The minimum atomic E-state index is 0.426. The van der Waals surface area contributed by atoms with Gasteiger partial charge in [-0.25, -0.2) is 19.5 Å². The van der Waals surface area contributed by atoms with Gasteiger partial charge < -0.3 is 0 Å². The fraction of sp³-hybridized carbons (Fsp3) is 0.444. The molecule has 5 rings (SSSR count). The molecule has 1 saturated heterocycles. The maximum absolute atomic E-state index is 4.66. The first-order valence-corrected chi connectivity index (χ1v) is 9.90. The number of aryl methyl sites for hydroxylation is 1. The van der Waals surface area contributed by atoms with Gasteiger partial charge in [-0.15, -0.1) is 0 Å².